The number of fused-ring (bicyclic) bond motifs is 3. The minimum absolute atomic E-state index is 0.00466. The van der Waals surface area contributed by atoms with Crippen LogP contribution in [0.15, 0.2) is 24.4 Å². The number of carbonyl (C=O) groups excluding carboxylic acids is 2. The van der Waals surface area contributed by atoms with E-state index in [4.69, 9.17) is 20.7 Å². The van der Waals surface area contributed by atoms with Gasteiger partial charge >= 0.3 is 0 Å². The number of nitrogens with zero attached hydrogens (tertiary/aromatic N) is 4. The summed E-state index contributed by atoms with van der Waals surface area (Å²) in [5.74, 6) is 1.47. The molecule has 2 aliphatic rings. The SMILES string of the molecule is CC(Nc1ccc2c(c1)OCCn1cc(N3C(=O)CC[C@H]3CC#N)nc1-2)C(N)=O. The first kappa shape index (κ1) is 18.8. The van der Waals surface area contributed by atoms with Gasteiger partial charge in [-0.25, -0.2) is 4.98 Å². The second kappa shape index (κ2) is 7.47. The molecule has 3 N–H and O–H groups in total. The Kier molecular flexibility index (Phi) is 4.84. The molecule has 29 heavy (non-hydrogen) atoms. The summed E-state index contributed by atoms with van der Waals surface area (Å²) < 4.78 is 7.85. The van der Waals surface area contributed by atoms with Crippen LogP contribution in [0, 0.1) is 11.3 Å². The van der Waals surface area contributed by atoms with Gasteiger partial charge in [0, 0.05) is 24.4 Å². The summed E-state index contributed by atoms with van der Waals surface area (Å²) in [6.45, 7) is 2.72. The highest BCUT2D eigenvalue weighted by Gasteiger charge is 2.34. The lowest BCUT2D eigenvalue weighted by molar-refractivity contribution is -0.118. The number of amides is 2. The van der Waals surface area contributed by atoms with E-state index < -0.39 is 11.9 Å². The quantitative estimate of drug-likeness (QED) is 0.794. The molecule has 1 aromatic heterocycles. The van der Waals surface area contributed by atoms with Gasteiger partial charge in [0.1, 0.15) is 24.2 Å². The number of benzene rings is 1. The van der Waals surface area contributed by atoms with Crippen LogP contribution in [-0.2, 0) is 16.1 Å². The van der Waals surface area contributed by atoms with Crippen LogP contribution < -0.4 is 20.7 Å². The Bertz CT molecular complexity index is 1010. The Morgan fingerprint density at radius 3 is 3.10 bits per heavy atom. The van der Waals surface area contributed by atoms with Crippen LogP contribution in [0.4, 0.5) is 11.5 Å². The third-order valence-corrected chi connectivity index (χ3v) is 5.29. The topological polar surface area (TPSA) is 126 Å². The van der Waals surface area contributed by atoms with E-state index in [9.17, 15) is 9.59 Å². The van der Waals surface area contributed by atoms with Gasteiger partial charge in [-0.2, -0.15) is 5.26 Å². The Labute approximate surface area is 168 Å². The summed E-state index contributed by atoms with van der Waals surface area (Å²) >= 11 is 0. The standard InChI is InChI=1S/C20H22N6O3/c1-12(19(22)28)23-13-2-4-15-16(10-13)29-9-8-25-11-17(24-20(15)25)26-14(6-7-21)3-5-18(26)27/h2,4,10-12,14,23H,3,5-6,8-9H2,1H3,(H2,22,28)/t12?,14-/m0/s1. The van der Waals surface area contributed by atoms with Gasteiger partial charge in [0.2, 0.25) is 11.8 Å². The zero-order chi connectivity index (χ0) is 20.5. The number of ether oxygens (including phenoxy) is 1. The molecule has 0 radical (unpaired) electrons. The Morgan fingerprint density at radius 1 is 1.52 bits per heavy atom. The van der Waals surface area contributed by atoms with Crippen molar-refractivity contribution in [3.63, 3.8) is 0 Å². The van der Waals surface area contributed by atoms with E-state index >= 15 is 0 Å². The van der Waals surface area contributed by atoms with Gasteiger partial charge in [-0.05, 0) is 25.5 Å². The van der Waals surface area contributed by atoms with Gasteiger partial charge in [0.05, 0.1) is 30.6 Å². The number of nitrogens with one attached hydrogen (secondary N) is 1. The van der Waals surface area contributed by atoms with Crippen LogP contribution in [0.1, 0.15) is 26.2 Å². The second-order valence-corrected chi connectivity index (χ2v) is 7.26. The van der Waals surface area contributed by atoms with E-state index in [1.165, 1.54) is 0 Å². The monoisotopic (exact) mass is 394 g/mol. The van der Waals surface area contributed by atoms with Crippen molar-refractivity contribution < 1.29 is 14.3 Å². The Morgan fingerprint density at radius 2 is 2.34 bits per heavy atom. The van der Waals surface area contributed by atoms with E-state index in [0.717, 1.165) is 11.3 Å². The van der Waals surface area contributed by atoms with Gasteiger partial charge in [0.15, 0.2) is 5.82 Å². The third-order valence-electron chi connectivity index (χ3n) is 5.29. The summed E-state index contributed by atoms with van der Waals surface area (Å²) in [7, 11) is 0. The minimum Gasteiger partial charge on any atom is -0.491 e. The van der Waals surface area contributed by atoms with Gasteiger partial charge in [-0.15, -0.1) is 0 Å². The molecule has 2 aromatic rings. The number of nitrogens with two attached hydrogens (primary N) is 1. The Balaban J connectivity index is 1.68. The fourth-order valence-corrected chi connectivity index (χ4v) is 3.75. The lowest BCUT2D eigenvalue weighted by Crippen LogP contribution is -2.33. The van der Waals surface area contributed by atoms with Gasteiger partial charge in [-0.3, -0.25) is 14.5 Å². The van der Waals surface area contributed by atoms with Gasteiger partial charge in [-0.1, -0.05) is 0 Å². The number of aromatic nitrogens is 2. The summed E-state index contributed by atoms with van der Waals surface area (Å²) in [6.07, 6.45) is 3.24. The lowest BCUT2D eigenvalue weighted by Gasteiger charge is -2.20. The predicted molar refractivity (Wildman–Crippen MR) is 106 cm³/mol. The number of primary amides is 1. The van der Waals surface area contributed by atoms with E-state index in [1.54, 1.807) is 11.8 Å². The zero-order valence-electron chi connectivity index (χ0n) is 16.1. The van der Waals surface area contributed by atoms with Crippen molar-refractivity contribution in [3.05, 3.63) is 24.4 Å². The zero-order valence-corrected chi connectivity index (χ0v) is 16.1. The molecule has 2 atom stereocenters. The number of hydrogen-bond donors (Lipinski definition) is 2. The second-order valence-electron chi connectivity index (χ2n) is 7.26. The molecular formula is C20H22N6O3. The molecule has 2 aliphatic heterocycles. The van der Waals surface area contributed by atoms with Crippen molar-refractivity contribution in [1.29, 1.82) is 5.26 Å². The number of hydrogen-bond acceptors (Lipinski definition) is 6. The predicted octanol–water partition coefficient (Wildman–Crippen LogP) is 1.64. The van der Waals surface area contributed by atoms with Crippen LogP contribution in [0.3, 0.4) is 0 Å². The highest BCUT2D eigenvalue weighted by Crippen LogP contribution is 2.37. The number of rotatable bonds is 5. The summed E-state index contributed by atoms with van der Waals surface area (Å²) in [5.41, 5.74) is 6.84. The van der Waals surface area contributed by atoms with Crippen LogP contribution in [0.5, 0.6) is 5.75 Å². The molecule has 1 unspecified atom stereocenters. The van der Waals surface area contributed by atoms with Crippen molar-refractivity contribution >= 4 is 23.3 Å². The van der Waals surface area contributed by atoms with Crippen molar-refractivity contribution in [2.24, 2.45) is 5.73 Å². The number of imidazole rings is 1. The maximum absolute atomic E-state index is 12.4. The van der Waals surface area contributed by atoms with Crippen LogP contribution >= 0.6 is 0 Å². The fraction of sp³-hybridized carbons (Fsp3) is 0.400. The lowest BCUT2D eigenvalue weighted by atomic mass is 10.1. The molecule has 0 saturated carbocycles. The number of nitriles is 1. The number of carbonyl (C=O) groups is 2. The minimum atomic E-state index is -0.509. The Hall–Kier alpha value is -3.54. The average Bonchev–Trinajstić information content (AvgIpc) is 3.21. The van der Waals surface area contributed by atoms with Crippen LogP contribution in [-0.4, -0.2) is 40.1 Å². The van der Waals surface area contributed by atoms with E-state index in [-0.39, 0.29) is 11.9 Å². The van der Waals surface area contributed by atoms with Crippen molar-refractivity contribution in [3.8, 4) is 23.2 Å². The molecule has 0 bridgehead atoms. The van der Waals surface area contributed by atoms with Crippen molar-refractivity contribution in [1.82, 2.24) is 9.55 Å². The molecule has 2 amide bonds. The maximum Gasteiger partial charge on any atom is 0.239 e. The van der Waals surface area contributed by atoms with Gasteiger partial charge in [0.25, 0.3) is 0 Å². The largest absolute Gasteiger partial charge is 0.491 e. The molecular weight excluding hydrogens is 372 g/mol. The molecule has 4 rings (SSSR count). The van der Waals surface area contributed by atoms with E-state index in [1.807, 2.05) is 29.0 Å². The first-order valence-electron chi connectivity index (χ1n) is 9.57. The van der Waals surface area contributed by atoms with E-state index in [2.05, 4.69) is 11.4 Å². The summed E-state index contributed by atoms with van der Waals surface area (Å²) in [4.78, 5) is 30.1. The molecule has 150 valence electrons. The molecule has 0 spiro atoms. The summed E-state index contributed by atoms with van der Waals surface area (Å²) in [6, 6.07) is 7.04. The average molecular weight is 394 g/mol. The maximum atomic E-state index is 12.4. The normalized spacial score (nSPS) is 18.8. The molecule has 0 aliphatic carbocycles. The fourth-order valence-electron chi connectivity index (χ4n) is 3.75. The summed E-state index contributed by atoms with van der Waals surface area (Å²) in [5, 5.41) is 12.1. The molecule has 1 aromatic carbocycles. The smallest absolute Gasteiger partial charge is 0.239 e. The van der Waals surface area contributed by atoms with Crippen LogP contribution in [0.2, 0.25) is 0 Å². The number of anilines is 2. The molecule has 9 heteroatoms. The molecule has 9 nitrogen and oxygen atoms in total. The van der Waals surface area contributed by atoms with Gasteiger partial charge < -0.3 is 20.4 Å². The first-order valence-corrected chi connectivity index (χ1v) is 9.57. The molecule has 3 heterocycles. The van der Waals surface area contributed by atoms with E-state index in [0.29, 0.717) is 49.8 Å². The highest BCUT2D eigenvalue weighted by molar-refractivity contribution is 5.95. The first-order chi connectivity index (χ1) is 14.0. The third kappa shape index (κ3) is 3.49. The molecule has 1 saturated heterocycles. The highest BCUT2D eigenvalue weighted by atomic mass is 16.5. The van der Waals surface area contributed by atoms with Crippen molar-refractivity contribution in [2.75, 3.05) is 16.8 Å². The van der Waals surface area contributed by atoms with Crippen LogP contribution in [0.25, 0.3) is 11.4 Å². The van der Waals surface area contributed by atoms with Crippen molar-refractivity contribution in [2.45, 2.75) is 44.8 Å². The molecule has 1 fully saturated rings.